The molecule has 0 radical (unpaired) electrons. The summed E-state index contributed by atoms with van der Waals surface area (Å²) in [6, 6.07) is 8.21. The van der Waals surface area contributed by atoms with Gasteiger partial charge >= 0.3 is 0 Å². The Morgan fingerprint density at radius 1 is 1.03 bits per heavy atom. The van der Waals surface area contributed by atoms with Crippen LogP contribution in [0.2, 0.25) is 0 Å². The number of sulfonamides is 1. The number of ketones is 2. The summed E-state index contributed by atoms with van der Waals surface area (Å²) in [7, 11) is -0.809. The van der Waals surface area contributed by atoms with Gasteiger partial charge in [-0.15, -0.1) is 0 Å². The van der Waals surface area contributed by atoms with Crippen molar-refractivity contribution in [1.29, 1.82) is 0 Å². The maximum atomic E-state index is 13.5. The maximum Gasteiger partial charge on any atom is 0.291 e. The lowest BCUT2D eigenvalue weighted by Gasteiger charge is -2.31. The van der Waals surface area contributed by atoms with Crippen LogP contribution < -0.4 is 0 Å². The van der Waals surface area contributed by atoms with Gasteiger partial charge in [0.25, 0.3) is 5.91 Å². The molecule has 0 N–H and O–H groups in total. The number of Topliss-reactive ketones (excluding diaryl/α,β-unsaturated/α-hetero) is 2. The van der Waals surface area contributed by atoms with Crippen LogP contribution in [0.3, 0.4) is 0 Å². The van der Waals surface area contributed by atoms with Gasteiger partial charge in [0, 0.05) is 45.1 Å². The summed E-state index contributed by atoms with van der Waals surface area (Å²) in [5.74, 6) is -3.13. The molecule has 10 heteroatoms. The third-order valence-corrected chi connectivity index (χ3v) is 8.57. The van der Waals surface area contributed by atoms with Crippen molar-refractivity contribution in [2.24, 2.45) is 5.92 Å². The number of carbonyl (C=O) groups is 3. The van der Waals surface area contributed by atoms with Crippen molar-refractivity contribution >= 4 is 27.5 Å². The molecule has 3 heterocycles. The normalized spacial score (nSPS) is 21.6. The van der Waals surface area contributed by atoms with Crippen LogP contribution in [0.15, 0.2) is 53.7 Å². The predicted octanol–water partition coefficient (Wildman–Crippen LogP) is 1.77. The van der Waals surface area contributed by atoms with Gasteiger partial charge in [-0.2, -0.15) is 0 Å². The third kappa shape index (κ3) is 5.05. The summed E-state index contributed by atoms with van der Waals surface area (Å²) in [6.45, 7) is 2.89. The highest BCUT2D eigenvalue weighted by Crippen LogP contribution is 2.38. The Labute approximate surface area is 205 Å². The van der Waals surface area contributed by atoms with E-state index in [0.29, 0.717) is 18.7 Å². The topological polar surface area (TPSA) is 108 Å². The maximum absolute atomic E-state index is 13.5. The van der Waals surface area contributed by atoms with E-state index in [1.54, 1.807) is 24.5 Å². The van der Waals surface area contributed by atoms with Gasteiger partial charge in [0.15, 0.2) is 5.78 Å². The zero-order valence-corrected chi connectivity index (χ0v) is 20.8. The number of amides is 1. The van der Waals surface area contributed by atoms with Crippen molar-refractivity contribution in [3.05, 3.63) is 59.9 Å². The molecule has 9 nitrogen and oxygen atoms in total. The van der Waals surface area contributed by atoms with E-state index in [1.165, 1.54) is 49.7 Å². The van der Waals surface area contributed by atoms with Crippen LogP contribution in [0, 0.1) is 5.92 Å². The van der Waals surface area contributed by atoms with E-state index in [-0.39, 0.29) is 10.5 Å². The number of hydrogen-bond donors (Lipinski definition) is 0. The first-order chi connectivity index (χ1) is 16.7. The molecule has 1 amide bonds. The zero-order chi connectivity index (χ0) is 25.2. The van der Waals surface area contributed by atoms with E-state index in [4.69, 9.17) is 0 Å². The van der Waals surface area contributed by atoms with Crippen LogP contribution in [0.5, 0.6) is 0 Å². The second-order valence-electron chi connectivity index (χ2n) is 9.15. The fourth-order valence-corrected chi connectivity index (χ4v) is 5.67. The van der Waals surface area contributed by atoms with E-state index in [2.05, 4.69) is 9.88 Å². The van der Waals surface area contributed by atoms with E-state index >= 15 is 0 Å². The number of rotatable bonds is 8. The average Bonchev–Trinajstić information content (AvgIpc) is 3.13. The molecule has 1 aromatic heterocycles. The number of hydrogen-bond acceptors (Lipinski definition) is 7. The first-order valence-corrected chi connectivity index (χ1v) is 13.2. The summed E-state index contributed by atoms with van der Waals surface area (Å²) in [6.07, 6.45) is 6.60. The molecule has 0 bridgehead atoms. The Bertz CT molecular complexity index is 1190. The van der Waals surface area contributed by atoms with E-state index in [9.17, 15) is 22.8 Å². The average molecular weight is 499 g/mol. The molecule has 186 valence electrons. The largest absolute Gasteiger partial charge is 0.326 e. The first-order valence-electron chi connectivity index (χ1n) is 11.8. The number of likely N-dealkylation sites (tertiary alicyclic amines) is 2. The number of piperidine rings is 1. The quantitative estimate of drug-likeness (QED) is 0.310. The van der Waals surface area contributed by atoms with E-state index in [1.807, 2.05) is 0 Å². The second-order valence-corrected chi connectivity index (χ2v) is 11.3. The van der Waals surface area contributed by atoms with Gasteiger partial charge in [-0.3, -0.25) is 19.4 Å². The van der Waals surface area contributed by atoms with Crippen molar-refractivity contribution in [3.8, 4) is 0 Å². The third-order valence-electron chi connectivity index (χ3n) is 6.74. The Balaban J connectivity index is 1.63. The molecule has 1 aromatic carbocycles. The molecule has 0 spiro atoms. The lowest BCUT2D eigenvalue weighted by atomic mass is 9.87. The minimum atomic E-state index is -3.66. The molecule has 2 unspecified atom stereocenters. The molecule has 35 heavy (non-hydrogen) atoms. The second kappa shape index (κ2) is 10.3. The fraction of sp³-hybridized carbons (Fsp3) is 0.440. The predicted molar refractivity (Wildman–Crippen MR) is 129 cm³/mol. The molecule has 0 saturated carbocycles. The minimum absolute atomic E-state index is 0.0415. The van der Waals surface area contributed by atoms with Gasteiger partial charge in [-0.1, -0.05) is 24.6 Å². The summed E-state index contributed by atoms with van der Waals surface area (Å²) >= 11 is 0. The highest BCUT2D eigenvalue weighted by molar-refractivity contribution is 7.89. The molecule has 4 rings (SSSR count). The molecule has 2 fully saturated rings. The van der Waals surface area contributed by atoms with Crippen LogP contribution in [0.1, 0.15) is 41.2 Å². The molecular weight excluding hydrogens is 468 g/mol. The number of benzene rings is 1. The Hall–Kier alpha value is -2.95. The minimum Gasteiger partial charge on any atom is -0.326 e. The standard InChI is InChI=1S/C25H30N4O5S/c1-27(2)35(33,34)20-10-8-18(9-11-20)23(30)21-22(19-7-6-12-26-17-19)29(25(32)24(21)31)16-15-28-13-4-3-5-14-28/h6-12,17,21-22H,3-5,13-16H2,1-2H3. The van der Waals surface area contributed by atoms with Crippen LogP contribution in [0.4, 0.5) is 0 Å². The Morgan fingerprint density at radius 2 is 1.71 bits per heavy atom. The van der Waals surface area contributed by atoms with Crippen molar-refractivity contribution in [1.82, 2.24) is 19.1 Å². The fourth-order valence-electron chi connectivity index (χ4n) is 4.76. The number of aromatic nitrogens is 1. The molecule has 2 atom stereocenters. The van der Waals surface area contributed by atoms with Crippen molar-refractivity contribution in [2.75, 3.05) is 40.3 Å². The molecule has 0 aliphatic carbocycles. The zero-order valence-electron chi connectivity index (χ0n) is 20.0. The number of nitrogens with zero attached hydrogens (tertiary/aromatic N) is 4. The Kier molecular flexibility index (Phi) is 7.44. The van der Waals surface area contributed by atoms with E-state index < -0.39 is 39.5 Å². The SMILES string of the molecule is CN(C)S(=O)(=O)c1ccc(C(=O)C2C(=O)C(=O)N(CCN3CCCCC3)C2c2cccnc2)cc1. The molecule has 2 aliphatic heterocycles. The molecule has 2 aromatic rings. The van der Waals surface area contributed by atoms with Gasteiger partial charge in [-0.25, -0.2) is 12.7 Å². The van der Waals surface area contributed by atoms with Crippen LogP contribution in [-0.4, -0.2) is 85.3 Å². The molecule has 2 aliphatic rings. The van der Waals surface area contributed by atoms with Crippen LogP contribution in [-0.2, 0) is 19.6 Å². The van der Waals surface area contributed by atoms with Crippen molar-refractivity contribution in [2.45, 2.75) is 30.2 Å². The monoisotopic (exact) mass is 498 g/mol. The highest BCUT2D eigenvalue weighted by Gasteiger charge is 2.51. The number of pyridine rings is 1. The van der Waals surface area contributed by atoms with Crippen LogP contribution in [0.25, 0.3) is 0 Å². The van der Waals surface area contributed by atoms with Gasteiger partial charge in [-0.05, 0) is 49.7 Å². The van der Waals surface area contributed by atoms with E-state index in [0.717, 1.165) is 30.2 Å². The number of carbonyl (C=O) groups excluding carboxylic acids is 3. The lowest BCUT2D eigenvalue weighted by molar-refractivity contribution is -0.141. The van der Waals surface area contributed by atoms with Gasteiger partial charge in [0.2, 0.25) is 15.8 Å². The molecular formula is C25H30N4O5S. The lowest BCUT2D eigenvalue weighted by Crippen LogP contribution is -2.40. The summed E-state index contributed by atoms with van der Waals surface area (Å²) in [4.78, 5) is 47.7. The highest BCUT2D eigenvalue weighted by atomic mass is 32.2. The summed E-state index contributed by atoms with van der Waals surface area (Å²) in [5.41, 5.74) is 0.802. The first kappa shape index (κ1) is 25.2. The summed E-state index contributed by atoms with van der Waals surface area (Å²) in [5, 5.41) is 0. The van der Waals surface area contributed by atoms with Crippen molar-refractivity contribution in [3.63, 3.8) is 0 Å². The van der Waals surface area contributed by atoms with Gasteiger partial charge in [0.05, 0.1) is 10.9 Å². The van der Waals surface area contributed by atoms with Gasteiger partial charge < -0.3 is 9.80 Å². The van der Waals surface area contributed by atoms with Crippen LogP contribution >= 0.6 is 0 Å². The summed E-state index contributed by atoms with van der Waals surface area (Å²) < 4.78 is 25.8. The van der Waals surface area contributed by atoms with Gasteiger partial charge in [0.1, 0.15) is 5.92 Å². The smallest absolute Gasteiger partial charge is 0.291 e. The Morgan fingerprint density at radius 3 is 2.31 bits per heavy atom. The van der Waals surface area contributed by atoms with Crippen molar-refractivity contribution < 1.29 is 22.8 Å². The molecule has 2 saturated heterocycles.